The first kappa shape index (κ1) is 16.0. The average molecular weight is 366 g/mol. The van der Waals surface area contributed by atoms with Crippen molar-refractivity contribution < 1.29 is 4.79 Å². The maximum Gasteiger partial charge on any atom is 0.255 e. The van der Waals surface area contributed by atoms with Crippen LogP contribution in [0.25, 0.3) is 5.57 Å². The maximum atomic E-state index is 12.3. The molecule has 26 heavy (non-hydrogen) atoms. The third kappa shape index (κ3) is 2.47. The van der Waals surface area contributed by atoms with Crippen molar-refractivity contribution in [2.45, 2.75) is 45.2 Å². The number of nitrogens with zero attached hydrogens (tertiary/aromatic N) is 4. The third-order valence-electron chi connectivity index (χ3n) is 5.48. The fourth-order valence-corrected chi connectivity index (χ4v) is 5.10. The minimum Gasteiger partial charge on any atom is -0.350 e. The van der Waals surface area contributed by atoms with Crippen molar-refractivity contribution in [1.82, 2.24) is 14.9 Å². The molecule has 5 nitrogen and oxygen atoms in total. The Balaban J connectivity index is 1.52. The van der Waals surface area contributed by atoms with Crippen LogP contribution in [0.5, 0.6) is 0 Å². The molecule has 1 saturated carbocycles. The molecule has 134 valence electrons. The maximum absolute atomic E-state index is 12.3. The quantitative estimate of drug-likeness (QED) is 0.833. The second-order valence-corrected chi connectivity index (χ2v) is 8.78. The molecule has 1 fully saturated rings. The second kappa shape index (κ2) is 5.64. The van der Waals surface area contributed by atoms with Gasteiger partial charge in [-0.2, -0.15) is 0 Å². The van der Waals surface area contributed by atoms with Gasteiger partial charge in [0, 0.05) is 36.4 Å². The van der Waals surface area contributed by atoms with Crippen LogP contribution in [-0.4, -0.2) is 34.4 Å². The Morgan fingerprint density at radius 2 is 2.08 bits per heavy atom. The summed E-state index contributed by atoms with van der Waals surface area (Å²) in [7, 11) is 1.83. The summed E-state index contributed by atoms with van der Waals surface area (Å²) >= 11 is 1.88. The fourth-order valence-electron chi connectivity index (χ4n) is 3.80. The topological polar surface area (TPSA) is 49.3 Å². The smallest absolute Gasteiger partial charge is 0.255 e. The van der Waals surface area contributed by atoms with Gasteiger partial charge in [0.2, 0.25) is 0 Å². The van der Waals surface area contributed by atoms with Gasteiger partial charge in [-0.15, -0.1) is 11.3 Å². The first-order valence-corrected chi connectivity index (χ1v) is 10.0. The predicted octanol–water partition coefficient (Wildman–Crippen LogP) is 3.60. The lowest BCUT2D eigenvalue weighted by Gasteiger charge is -2.29. The number of carbonyl (C=O) groups excluding carboxylic acids is 1. The number of anilines is 1. The summed E-state index contributed by atoms with van der Waals surface area (Å²) in [6.07, 6.45) is 3.56. The molecular weight excluding hydrogens is 344 g/mol. The van der Waals surface area contributed by atoms with Crippen molar-refractivity contribution >= 4 is 28.6 Å². The number of allylic oxidation sites excluding steroid dienone is 1. The molecule has 0 radical (unpaired) electrons. The van der Waals surface area contributed by atoms with Crippen LogP contribution >= 0.6 is 11.3 Å². The van der Waals surface area contributed by atoms with E-state index in [4.69, 9.17) is 9.97 Å². The first-order valence-electron chi connectivity index (χ1n) is 9.20. The predicted molar refractivity (Wildman–Crippen MR) is 104 cm³/mol. The molecule has 0 saturated heterocycles. The van der Waals surface area contributed by atoms with Crippen molar-refractivity contribution in [3.63, 3.8) is 0 Å². The molecule has 3 aliphatic rings. The third-order valence-corrected chi connectivity index (χ3v) is 6.72. The highest BCUT2D eigenvalue weighted by Crippen LogP contribution is 2.44. The van der Waals surface area contributed by atoms with Gasteiger partial charge in [0.1, 0.15) is 5.82 Å². The Kier molecular flexibility index (Phi) is 3.47. The number of amides is 1. The number of aromatic nitrogens is 2. The summed E-state index contributed by atoms with van der Waals surface area (Å²) in [6, 6.07) is 1.99. The SMILES string of the molecule is C=C(C)c1cc2c(nc1N1CCc3nc(C4CC4)sc3C1)CN(C)C2=O. The molecule has 2 aromatic heterocycles. The van der Waals surface area contributed by atoms with E-state index < -0.39 is 0 Å². The van der Waals surface area contributed by atoms with Crippen LogP contribution in [0.1, 0.15) is 62.9 Å². The number of pyridine rings is 1. The Bertz CT molecular complexity index is 944. The number of rotatable bonds is 3. The van der Waals surface area contributed by atoms with E-state index in [9.17, 15) is 4.79 Å². The summed E-state index contributed by atoms with van der Waals surface area (Å²) in [5.41, 5.74) is 4.82. The zero-order valence-corrected chi connectivity index (χ0v) is 16.0. The minimum atomic E-state index is 0.0546. The van der Waals surface area contributed by atoms with Crippen LogP contribution < -0.4 is 4.90 Å². The molecular formula is C20H22N4OS. The zero-order valence-electron chi connectivity index (χ0n) is 15.2. The molecule has 1 aliphatic carbocycles. The van der Waals surface area contributed by atoms with Gasteiger partial charge >= 0.3 is 0 Å². The molecule has 0 aromatic carbocycles. The summed E-state index contributed by atoms with van der Waals surface area (Å²) in [4.78, 5) is 27.6. The zero-order chi connectivity index (χ0) is 18.0. The van der Waals surface area contributed by atoms with Crippen LogP contribution in [-0.2, 0) is 19.5 Å². The van der Waals surface area contributed by atoms with Crippen LogP contribution in [0.3, 0.4) is 0 Å². The van der Waals surface area contributed by atoms with E-state index in [1.165, 1.54) is 28.4 Å². The normalized spacial score (nSPS) is 18.9. The van der Waals surface area contributed by atoms with Crippen molar-refractivity contribution in [2.24, 2.45) is 0 Å². The van der Waals surface area contributed by atoms with E-state index in [0.29, 0.717) is 12.5 Å². The molecule has 6 heteroatoms. The van der Waals surface area contributed by atoms with Gasteiger partial charge in [-0.3, -0.25) is 4.79 Å². The molecule has 0 N–H and O–H groups in total. The molecule has 2 aliphatic heterocycles. The summed E-state index contributed by atoms with van der Waals surface area (Å²) in [6.45, 7) is 8.47. The minimum absolute atomic E-state index is 0.0546. The molecule has 0 unspecified atom stereocenters. The van der Waals surface area contributed by atoms with Crippen LogP contribution in [0.2, 0.25) is 0 Å². The van der Waals surface area contributed by atoms with Crippen LogP contribution in [0.4, 0.5) is 5.82 Å². The second-order valence-electron chi connectivity index (χ2n) is 7.66. The van der Waals surface area contributed by atoms with Crippen molar-refractivity contribution in [2.75, 3.05) is 18.5 Å². The summed E-state index contributed by atoms with van der Waals surface area (Å²) in [5, 5.41) is 1.33. The Morgan fingerprint density at radius 1 is 1.27 bits per heavy atom. The highest BCUT2D eigenvalue weighted by molar-refractivity contribution is 7.11. The molecule has 0 spiro atoms. The van der Waals surface area contributed by atoms with E-state index in [0.717, 1.165) is 47.7 Å². The lowest BCUT2D eigenvalue weighted by atomic mass is 10.0. The van der Waals surface area contributed by atoms with E-state index in [-0.39, 0.29) is 5.91 Å². The average Bonchev–Trinajstić information content (AvgIpc) is 3.32. The van der Waals surface area contributed by atoms with Crippen molar-refractivity contribution in [1.29, 1.82) is 0 Å². The van der Waals surface area contributed by atoms with E-state index >= 15 is 0 Å². The highest BCUT2D eigenvalue weighted by Gasteiger charge is 2.32. The highest BCUT2D eigenvalue weighted by atomic mass is 32.1. The van der Waals surface area contributed by atoms with Gasteiger partial charge in [-0.05, 0) is 31.4 Å². The van der Waals surface area contributed by atoms with Gasteiger partial charge in [0.25, 0.3) is 5.91 Å². The monoisotopic (exact) mass is 366 g/mol. The van der Waals surface area contributed by atoms with Gasteiger partial charge in [-0.25, -0.2) is 9.97 Å². The Labute approximate surface area is 157 Å². The van der Waals surface area contributed by atoms with Gasteiger partial charge < -0.3 is 9.80 Å². The standard InChI is InChI=1S/C20H22N4OS/c1-11(2)13-8-14-16(9-23(3)20(14)25)21-18(13)24-7-6-15-17(10-24)26-19(22-15)12-4-5-12/h8,12H,1,4-7,9-10H2,2-3H3. The molecule has 0 bridgehead atoms. The lowest BCUT2D eigenvalue weighted by molar-refractivity contribution is 0.0816. The number of thiazole rings is 1. The van der Waals surface area contributed by atoms with E-state index in [1.807, 2.05) is 31.4 Å². The number of hydrogen-bond donors (Lipinski definition) is 0. The molecule has 1 amide bonds. The number of fused-ring (bicyclic) bond motifs is 2. The largest absolute Gasteiger partial charge is 0.350 e. The van der Waals surface area contributed by atoms with E-state index in [2.05, 4.69) is 11.5 Å². The van der Waals surface area contributed by atoms with Crippen molar-refractivity contribution in [3.8, 4) is 0 Å². The Morgan fingerprint density at radius 3 is 2.81 bits per heavy atom. The summed E-state index contributed by atoms with van der Waals surface area (Å²) in [5.74, 6) is 1.73. The van der Waals surface area contributed by atoms with Crippen molar-refractivity contribution in [3.05, 3.63) is 45.0 Å². The van der Waals surface area contributed by atoms with Gasteiger partial charge in [0.05, 0.1) is 35.0 Å². The number of carbonyl (C=O) groups is 1. The van der Waals surface area contributed by atoms with Gasteiger partial charge in [0.15, 0.2) is 0 Å². The fraction of sp³-hybridized carbons (Fsp3) is 0.450. The van der Waals surface area contributed by atoms with E-state index in [1.54, 1.807) is 4.90 Å². The number of hydrogen-bond acceptors (Lipinski definition) is 5. The lowest BCUT2D eigenvalue weighted by Crippen LogP contribution is -2.31. The van der Waals surface area contributed by atoms with Gasteiger partial charge in [-0.1, -0.05) is 6.58 Å². The molecule has 0 atom stereocenters. The molecule has 2 aromatic rings. The van der Waals surface area contributed by atoms with Crippen LogP contribution in [0.15, 0.2) is 12.6 Å². The molecule has 4 heterocycles. The first-order chi connectivity index (χ1) is 12.5. The van der Waals surface area contributed by atoms with Crippen LogP contribution in [0, 0.1) is 0 Å². The summed E-state index contributed by atoms with van der Waals surface area (Å²) < 4.78 is 0. The molecule has 5 rings (SSSR count). The Hall–Kier alpha value is -2.21.